The molecule has 49 heavy (non-hydrogen) atoms. The second-order valence-electron chi connectivity index (χ2n) is 11.4. The summed E-state index contributed by atoms with van der Waals surface area (Å²) in [6.07, 6.45) is -2.22. The number of carbonyl (C=O) groups is 3. The van der Waals surface area contributed by atoms with Crippen LogP contribution in [-0.4, -0.2) is 111 Å². The van der Waals surface area contributed by atoms with E-state index in [1.165, 1.54) is 18.2 Å². The standard InChI is InChI=1S/C31H39N5O12S/c1-43-29(38)33-28-24-15-23(12-13-26(24)36(34-28)31(40)44-2)49(41,42)35(48-21-10-6-7-11-21)16-27(37)25(14-20-8-4-3-5-9-20)32-30(39)47-22-17-45-19-46-18-22/h3-5,8-9,12-13,15,21-22,25,27,37H,6-7,10-11,14,16-19H2,1-2H3,(H,32,39)(H,33,34,38)/t25-,27+/m0/s1. The number of ether oxygens (including phenoxy) is 5. The van der Waals surface area contributed by atoms with Gasteiger partial charge in [-0.05, 0) is 43.0 Å². The second kappa shape index (κ2) is 16.4. The van der Waals surface area contributed by atoms with Gasteiger partial charge in [-0.25, -0.2) is 22.8 Å². The maximum Gasteiger partial charge on any atom is 0.435 e. The highest BCUT2D eigenvalue weighted by molar-refractivity contribution is 7.89. The lowest BCUT2D eigenvalue weighted by Crippen LogP contribution is -2.52. The van der Waals surface area contributed by atoms with E-state index in [0.29, 0.717) is 12.8 Å². The summed E-state index contributed by atoms with van der Waals surface area (Å²) in [5, 5.41) is 20.8. The Labute approximate surface area is 282 Å². The van der Waals surface area contributed by atoms with Crippen molar-refractivity contribution in [2.24, 2.45) is 0 Å². The molecule has 1 aliphatic heterocycles. The van der Waals surface area contributed by atoms with Crippen LogP contribution in [0.1, 0.15) is 31.2 Å². The summed E-state index contributed by atoms with van der Waals surface area (Å²) in [7, 11) is -2.25. The highest BCUT2D eigenvalue weighted by Gasteiger charge is 2.35. The van der Waals surface area contributed by atoms with Gasteiger partial charge in [0, 0.05) is 5.39 Å². The molecule has 0 spiro atoms. The number of rotatable bonds is 12. The van der Waals surface area contributed by atoms with E-state index in [0.717, 1.165) is 41.8 Å². The van der Waals surface area contributed by atoms with E-state index < -0.39 is 59.2 Å². The number of hydrogen-bond acceptors (Lipinski definition) is 13. The smallest absolute Gasteiger partial charge is 0.435 e. The fourth-order valence-corrected chi connectivity index (χ4v) is 6.83. The van der Waals surface area contributed by atoms with Crippen LogP contribution in [-0.2, 0) is 45.0 Å². The quantitative estimate of drug-likeness (QED) is 0.183. The Morgan fingerprint density at radius 2 is 1.73 bits per heavy atom. The number of amides is 2. The van der Waals surface area contributed by atoms with Crippen molar-refractivity contribution in [2.75, 3.05) is 46.1 Å². The lowest BCUT2D eigenvalue weighted by atomic mass is 10.0. The number of hydrogen-bond donors (Lipinski definition) is 3. The number of nitrogens with one attached hydrogen (secondary N) is 2. The molecule has 17 nitrogen and oxygen atoms in total. The number of anilines is 1. The van der Waals surface area contributed by atoms with Crippen molar-refractivity contribution in [2.45, 2.75) is 61.4 Å². The minimum atomic E-state index is -4.52. The van der Waals surface area contributed by atoms with Crippen molar-refractivity contribution in [1.29, 1.82) is 0 Å². The van der Waals surface area contributed by atoms with Crippen LogP contribution in [0.5, 0.6) is 0 Å². The molecule has 3 aromatic rings. The normalized spacial score (nSPS) is 17.1. The number of methoxy groups -OCH3 is 2. The molecule has 1 saturated heterocycles. The SMILES string of the molecule is COC(=O)Nc1nn(C(=O)OC)c2ccc(S(=O)(=O)N(C[C@@H](O)[C@H](Cc3ccccc3)NC(=O)OC3COCOC3)OC3CCCC3)cc12. The molecule has 2 heterocycles. The Morgan fingerprint density at radius 1 is 1.02 bits per heavy atom. The molecule has 1 aliphatic carbocycles. The molecule has 0 radical (unpaired) electrons. The first-order chi connectivity index (χ1) is 23.6. The molecule has 2 atom stereocenters. The first-order valence-corrected chi connectivity index (χ1v) is 17.0. The van der Waals surface area contributed by atoms with E-state index in [2.05, 4.69) is 20.5 Å². The maximum atomic E-state index is 14.3. The predicted molar refractivity (Wildman–Crippen MR) is 171 cm³/mol. The number of sulfonamides is 1. The van der Waals surface area contributed by atoms with Crippen LogP contribution >= 0.6 is 0 Å². The van der Waals surface area contributed by atoms with Crippen molar-refractivity contribution < 1.29 is 56.4 Å². The van der Waals surface area contributed by atoms with Gasteiger partial charge in [-0.15, -0.1) is 5.10 Å². The summed E-state index contributed by atoms with van der Waals surface area (Å²) in [4.78, 5) is 43.1. The van der Waals surface area contributed by atoms with Gasteiger partial charge < -0.3 is 34.1 Å². The van der Waals surface area contributed by atoms with Gasteiger partial charge >= 0.3 is 18.3 Å². The number of aliphatic hydroxyl groups excluding tert-OH is 1. The summed E-state index contributed by atoms with van der Waals surface area (Å²) < 4.78 is 55.3. The lowest BCUT2D eigenvalue weighted by molar-refractivity contribution is -0.153. The van der Waals surface area contributed by atoms with E-state index in [4.69, 9.17) is 23.8 Å². The van der Waals surface area contributed by atoms with Crippen molar-refractivity contribution in [3.8, 4) is 0 Å². The fourth-order valence-electron chi connectivity index (χ4n) is 5.50. The van der Waals surface area contributed by atoms with Crippen LogP contribution in [0.4, 0.5) is 20.2 Å². The van der Waals surface area contributed by atoms with Crippen molar-refractivity contribution >= 4 is 45.0 Å². The summed E-state index contributed by atoms with van der Waals surface area (Å²) in [5.41, 5.74) is 0.904. The van der Waals surface area contributed by atoms with E-state index >= 15 is 0 Å². The molecule has 0 bridgehead atoms. The topological polar surface area (TPSA) is 206 Å². The molecular weight excluding hydrogens is 666 g/mol. The monoisotopic (exact) mass is 705 g/mol. The molecule has 2 aliphatic rings. The number of hydroxylamine groups is 1. The van der Waals surface area contributed by atoms with Crippen LogP contribution < -0.4 is 10.6 Å². The number of carbonyl (C=O) groups excluding carboxylic acids is 3. The van der Waals surface area contributed by atoms with E-state index in [9.17, 15) is 27.9 Å². The molecular formula is C31H39N5O12S. The van der Waals surface area contributed by atoms with Gasteiger partial charge in [-0.3, -0.25) is 10.2 Å². The summed E-state index contributed by atoms with van der Waals surface area (Å²) >= 11 is 0. The summed E-state index contributed by atoms with van der Waals surface area (Å²) in [6, 6.07) is 11.8. The number of benzene rings is 2. The van der Waals surface area contributed by atoms with Crippen LogP contribution in [0, 0.1) is 0 Å². The van der Waals surface area contributed by atoms with Crippen molar-refractivity contribution in [3.05, 3.63) is 54.1 Å². The molecule has 0 unspecified atom stereocenters. The average Bonchev–Trinajstić information content (AvgIpc) is 3.76. The fraction of sp³-hybridized carbons (Fsp3) is 0.484. The first-order valence-electron chi connectivity index (χ1n) is 15.6. The first kappa shape index (κ1) is 36.0. The molecule has 266 valence electrons. The van der Waals surface area contributed by atoms with Gasteiger partial charge in [0.25, 0.3) is 10.0 Å². The van der Waals surface area contributed by atoms with Gasteiger partial charge in [0.1, 0.15) is 6.79 Å². The molecule has 1 aromatic heterocycles. The number of aliphatic hydroxyl groups is 1. The third-order valence-electron chi connectivity index (χ3n) is 7.99. The number of fused-ring (bicyclic) bond motifs is 1. The molecule has 5 rings (SSSR count). The molecule has 3 N–H and O–H groups in total. The van der Waals surface area contributed by atoms with Crippen LogP contribution in [0.25, 0.3) is 10.9 Å². The number of aromatic nitrogens is 2. The van der Waals surface area contributed by atoms with Gasteiger partial charge in [0.05, 0.1) is 62.6 Å². The third-order valence-corrected chi connectivity index (χ3v) is 9.61. The molecule has 1 saturated carbocycles. The minimum absolute atomic E-state index is 0.0836. The van der Waals surface area contributed by atoms with E-state index in [1.807, 2.05) is 18.2 Å². The van der Waals surface area contributed by atoms with Gasteiger partial charge in [-0.2, -0.15) is 4.68 Å². The largest absolute Gasteiger partial charge is 0.453 e. The van der Waals surface area contributed by atoms with E-state index in [-0.39, 0.29) is 48.0 Å². The van der Waals surface area contributed by atoms with E-state index in [1.54, 1.807) is 12.1 Å². The zero-order valence-corrected chi connectivity index (χ0v) is 27.8. The van der Waals surface area contributed by atoms with Gasteiger partial charge in [0.2, 0.25) is 0 Å². The summed E-state index contributed by atoms with van der Waals surface area (Å²) in [6.45, 7) is -0.203. The minimum Gasteiger partial charge on any atom is -0.453 e. The molecule has 2 fully saturated rings. The Bertz CT molecular complexity index is 1710. The molecule has 18 heteroatoms. The number of alkyl carbamates (subject to hydrolysis) is 1. The van der Waals surface area contributed by atoms with Crippen molar-refractivity contribution in [1.82, 2.24) is 19.6 Å². The average molecular weight is 706 g/mol. The summed E-state index contributed by atoms with van der Waals surface area (Å²) in [5.74, 6) is -0.160. The maximum absolute atomic E-state index is 14.3. The second-order valence-corrected chi connectivity index (χ2v) is 13.3. The van der Waals surface area contributed by atoms with Crippen LogP contribution in [0.3, 0.4) is 0 Å². The van der Waals surface area contributed by atoms with Crippen LogP contribution in [0.15, 0.2) is 53.4 Å². The predicted octanol–water partition coefficient (Wildman–Crippen LogP) is 2.77. The Kier molecular flexibility index (Phi) is 12.0. The zero-order valence-electron chi connectivity index (χ0n) is 27.0. The number of nitrogens with zero attached hydrogens (tertiary/aromatic N) is 3. The third kappa shape index (κ3) is 9.02. The molecule has 2 amide bonds. The Balaban J connectivity index is 1.45. The van der Waals surface area contributed by atoms with Crippen LogP contribution in [0.2, 0.25) is 0 Å². The Morgan fingerprint density at radius 3 is 2.41 bits per heavy atom. The van der Waals surface area contributed by atoms with Gasteiger partial charge in [0.15, 0.2) is 11.9 Å². The van der Waals surface area contributed by atoms with Crippen molar-refractivity contribution in [3.63, 3.8) is 0 Å². The lowest BCUT2D eigenvalue weighted by Gasteiger charge is -2.31. The zero-order chi connectivity index (χ0) is 35.0. The Hall–Kier alpha value is -4.33. The highest BCUT2D eigenvalue weighted by atomic mass is 32.2. The van der Waals surface area contributed by atoms with Gasteiger partial charge in [-0.1, -0.05) is 47.6 Å². The highest BCUT2D eigenvalue weighted by Crippen LogP contribution is 2.30. The molecule has 2 aromatic carbocycles.